The monoisotopic (exact) mass is 202 g/mol. The summed E-state index contributed by atoms with van der Waals surface area (Å²) in [7, 11) is 0. The van der Waals surface area contributed by atoms with Crippen LogP contribution in [0.25, 0.3) is 0 Å². The van der Waals surface area contributed by atoms with Gasteiger partial charge in [-0.05, 0) is 31.7 Å². The van der Waals surface area contributed by atoms with Gasteiger partial charge in [0.05, 0.1) is 0 Å². The van der Waals surface area contributed by atoms with E-state index in [2.05, 4.69) is 31.2 Å². The highest BCUT2D eigenvalue weighted by Crippen LogP contribution is 2.24. The van der Waals surface area contributed by atoms with Crippen molar-refractivity contribution in [2.45, 2.75) is 39.0 Å². The Balaban J connectivity index is 2.01. The molecule has 0 spiro atoms. The number of Topliss-reactive ketones (excluding diaryl/α,β-unsaturated/α-hetero) is 1. The van der Waals surface area contributed by atoms with E-state index < -0.39 is 0 Å². The summed E-state index contributed by atoms with van der Waals surface area (Å²) in [6, 6.07) is 8.56. The Labute approximate surface area is 91.5 Å². The predicted octanol–water partition coefficient (Wildman–Crippen LogP) is 3.30. The average Bonchev–Trinajstić information content (AvgIpc) is 2.25. The molecule has 0 radical (unpaired) electrons. The van der Waals surface area contributed by atoms with E-state index in [1.165, 1.54) is 17.5 Å². The molecule has 1 aliphatic rings. The molecule has 0 heterocycles. The molecule has 0 aromatic heterocycles. The second-order valence-electron chi connectivity index (χ2n) is 4.60. The van der Waals surface area contributed by atoms with E-state index in [1.807, 2.05) is 0 Å². The van der Waals surface area contributed by atoms with Crippen LogP contribution in [0.4, 0.5) is 0 Å². The molecule has 1 unspecified atom stereocenters. The van der Waals surface area contributed by atoms with Crippen LogP contribution in [0.5, 0.6) is 0 Å². The topological polar surface area (TPSA) is 17.1 Å². The molecule has 15 heavy (non-hydrogen) atoms. The maximum atomic E-state index is 11.7. The van der Waals surface area contributed by atoms with E-state index in [4.69, 9.17) is 0 Å². The SMILES string of the molecule is Cc1ccc(CC2CCCCC2=O)cc1. The van der Waals surface area contributed by atoms with Crippen molar-refractivity contribution >= 4 is 5.78 Å². The summed E-state index contributed by atoms with van der Waals surface area (Å²) in [5.41, 5.74) is 2.59. The molecule has 1 atom stereocenters. The lowest BCUT2D eigenvalue weighted by Crippen LogP contribution is -2.20. The number of rotatable bonds is 2. The molecule has 1 nitrogen and oxygen atoms in total. The van der Waals surface area contributed by atoms with Crippen LogP contribution >= 0.6 is 0 Å². The van der Waals surface area contributed by atoms with Crippen molar-refractivity contribution < 1.29 is 4.79 Å². The van der Waals surface area contributed by atoms with E-state index >= 15 is 0 Å². The van der Waals surface area contributed by atoms with Crippen molar-refractivity contribution in [3.05, 3.63) is 35.4 Å². The Kier molecular flexibility index (Phi) is 3.20. The smallest absolute Gasteiger partial charge is 0.136 e. The van der Waals surface area contributed by atoms with Gasteiger partial charge in [0, 0.05) is 12.3 Å². The first-order valence-corrected chi connectivity index (χ1v) is 5.84. The standard InChI is InChI=1S/C14H18O/c1-11-6-8-12(9-7-11)10-13-4-2-3-5-14(13)15/h6-9,13H,2-5,10H2,1H3. The van der Waals surface area contributed by atoms with Crippen LogP contribution in [0.15, 0.2) is 24.3 Å². The summed E-state index contributed by atoms with van der Waals surface area (Å²) in [5, 5.41) is 0. The van der Waals surface area contributed by atoms with E-state index in [9.17, 15) is 4.79 Å². The van der Waals surface area contributed by atoms with E-state index in [0.717, 1.165) is 25.7 Å². The van der Waals surface area contributed by atoms with Crippen LogP contribution in [0, 0.1) is 12.8 Å². The van der Waals surface area contributed by atoms with Crippen molar-refractivity contribution in [2.24, 2.45) is 5.92 Å². The Morgan fingerprint density at radius 1 is 1.20 bits per heavy atom. The zero-order chi connectivity index (χ0) is 10.7. The van der Waals surface area contributed by atoms with Gasteiger partial charge in [-0.15, -0.1) is 0 Å². The van der Waals surface area contributed by atoms with Crippen molar-refractivity contribution in [3.63, 3.8) is 0 Å². The van der Waals surface area contributed by atoms with Crippen molar-refractivity contribution in [1.29, 1.82) is 0 Å². The third kappa shape index (κ3) is 2.68. The zero-order valence-corrected chi connectivity index (χ0v) is 9.33. The van der Waals surface area contributed by atoms with Crippen LogP contribution in [0.3, 0.4) is 0 Å². The van der Waals surface area contributed by atoms with Gasteiger partial charge in [0.15, 0.2) is 0 Å². The van der Waals surface area contributed by atoms with Crippen molar-refractivity contribution in [2.75, 3.05) is 0 Å². The third-order valence-electron chi connectivity index (χ3n) is 3.28. The second kappa shape index (κ2) is 4.61. The van der Waals surface area contributed by atoms with Gasteiger partial charge >= 0.3 is 0 Å². The number of hydrogen-bond donors (Lipinski definition) is 0. The van der Waals surface area contributed by atoms with Gasteiger partial charge in [0.2, 0.25) is 0 Å². The normalized spacial score (nSPS) is 21.7. The van der Waals surface area contributed by atoms with Crippen LogP contribution in [0.1, 0.15) is 36.8 Å². The highest BCUT2D eigenvalue weighted by atomic mass is 16.1. The molecule has 0 N–H and O–H groups in total. The van der Waals surface area contributed by atoms with E-state index in [1.54, 1.807) is 0 Å². The molecule has 1 aromatic carbocycles. The van der Waals surface area contributed by atoms with Gasteiger partial charge < -0.3 is 0 Å². The number of benzene rings is 1. The molecule has 1 fully saturated rings. The van der Waals surface area contributed by atoms with Crippen molar-refractivity contribution in [3.8, 4) is 0 Å². The van der Waals surface area contributed by atoms with Gasteiger partial charge in [-0.2, -0.15) is 0 Å². The fraction of sp³-hybridized carbons (Fsp3) is 0.500. The largest absolute Gasteiger partial charge is 0.299 e. The maximum absolute atomic E-state index is 11.7. The molecule has 1 aromatic rings. The Morgan fingerprint density at radius 2 is 1.93 bits per heavy atom. The molecule has 0 bridgehead atoms. The average molecular weight is 202 g/mol. The Hall–Kier alpha value is -1.11. The maximum Gasteiger partial charge on any atom is 0.136 e. The zero-order valence-electron chi connectivity index (χ0n) is 9.33. The molecule has 0 saturated heterocycles. The Bertz CT molecular complexity index is 337. The van der Waals surface area contributed by atoms with Crippen molar-refractivity contribution in [1.82, 2.24) is 0 Å². The minimum Gasteiger partial charge on any atom is -0.299 e. The van der Waals surface area contributed by atoms with Gasteiger partial charge in [0.1, 0.15) is 5.78 Å². The number of carbonyl (C=O) groups excluding carboxylic acids is 1. The predicted molar refractivity (Wildman–Crippen MR) is 61.8 cm³/mol. The summed E-state index contributed by atoms with van der Waals surface area (Å²) in [4.78, 5) is 11.7. The van der Waals surface area contributed by atoms with Crippen LogP contribution in [-0.2, 0) is 11.2 Å². The summed E-state index contributed by atoms with van der Waals surface area (Å²) in [5.74, 6) is 0.767. The molecule has 1 heteroatoms. The third-order valence-corrected chi connectivity index (χ3v) is 3.28. The lowest BCUT2D eigenvalue weighted by molar-refractivity contribution is -0.124. The van der Waals surface area contributed by atoms with Crippen LogP contribution in [0.2, 0.25) is 0 Å². The first-order valence-electron chi connectivity index (χ1n) is 5.84. The highest BCUT2D eigenvalue weighted by molar-refractivity contribution is 5.81. The number of aryl methyl sites for hydroxylation is 1. The lowest BCUT2D eigenvalue weighted by atomic mass is 9.84. The number of ketones is 1. The first-order chi connectivity index (χ1) is 7.25. The molecule has 2 rings (SSSR count). The van der Waals surface area contributed by atoms with Gasteiger partial charge in [-0.3, -0.25) is 4.79 Å². The molecule has 1 saturated carbocycles. The first kappa shape index (κ1) is 10.4. The second-order valence-corrected chi connectivity index (χ2v) is 4.60. The fourth-order valence-electron chi connectivity index (χ4n) is 2.28. The quantitative estimate of drug-likeness (QED) is 0.719. The molecular formula is C14H18O. The van der Waals surface area contributed by atoms with Gasteiger partial charge in [0.25, 0.3) is 0 Å². The highest BCUT2D eigenvalue weighted by Gasteiger charge is 2.21. The van der Waals surface area contributed by atoms with E-state index in [0.29, 0.717) is 11.7 Å². The minimum atomic E-state index is 0.293. The molecule has 0 aliphatic heterocycles. The molecule has 1 aliphatic carbocycles. The summed E-state index contributed by atoms with van der Waals surface area (Å²) in [6.07, 6.45) is 5.16. The van der Waals surface area contributed by atoms with Crippen LogP contribution in [-0.4, -0.2) is 5.78 Å². The number of carbonyl (C=O) groups is 1. The Morgan fingerprint density at radius 3 is 2.60 bits per heavy atom. The molecular weight excluding hydrogens is 184 g/mol. The number of hydrogen-bond acceptors (Lipinski definition) is 1. The summed E-state index contributed by atoms with van der Waals surface area (Å²) >= 11 is 0. The molecule has 80 valence electrons. The lowest BCUT2D eigenvalue weighted by Gasteiger charge is -2.20. The van der Waals surface area contributed by atoms with Gasteiger partial charge in [-0.25, -0.2) is 0 Å². The summed E-state index contributed by atoms with van der Waals surface area (Å²) < 4.78 is 0. The van der Waals surface area contributed by atoms with Gasteiger partial charge in [-0.1, -0.05) is 36.2 Å². The van der Waals surface area contributed by atoms with Crippen LogP contribution < -0.4 is 0 Å². The fourth-order valence-corrected chi connectivity index (χ4v) is 2.28. The minimum absolute atomic E-state index is 0.293. The molecule has 0 amide bonds. The van der Waals surface area contributed by atoms with E-state index in [-0.39, 0.29) is 0 Å². The summed E-state index contributed by atoms with van der Waals surface area (Å²) in [6.45, 7) is 2.09.